The molecule has 2 aliphatic heterocycles. The van der Waals surface area contributed by atoms with E-state index in [1.54, 1.807) is 6.92 Å². The smallest absolute Gasteiger partial charge is 0.323 e. The van der Waals surface area contributed by atoms with Crippen LogP contribution in [0.1, 0.15) is 12.0 Å². The van der Waals surface area contributed by atoms with Crippen molar-refractivity contribution in [3.05, 3.63) is 33.9 Å². The molecule has 1 unspecified atom stereocenters. The number of benzene rings is 1. The van der Waals surface area contributed by atoms with Crippen LogP contribution in [0.3, 0.4) is 0 Å². The molecular formula is C15H19N3O6S. The van der Waals surface area contributed by atoms with Crippen molar-refractivity contribution < 1.29 is 22.9 Å². The largest absolute Gasteiger partial charge is 0.464 e. The Bertz CT molecular complexity index is 801. The number of hydrogen-bond acceptors (Lipinski definition) is 7. The van der Waals surface area contributed by atoms with Gasteiger partial charge in [0.2, 0.25) is 10.0 Å². The van der Waals surface area contributed by atoms with Crippen LogP contribution in [0.15, 0.2) is 23.1 Å². The van der Waals surface area contributed by atoms with Gasteiger partial charge in [-0.2, -0.15) is 4.31 Å². The molecule has 0 bridgehead atoms. The number of carbonyl (C=O) groups excluding carboxylic acids is 1. The second kappa shape index (κ2) is 6.70. The van der Waals surface area contributed by atoms with Crippen LogP contribution in [-0.2, 0) is 19.6 Å². The van der Waals surface area contributed by atoms with Crippen LogP contribution in [0.5, 0.6) is 0 Å². The highest BCUT2D eigenvalue weighted by atomic mass is 32.2. The van der Waals surface area contributed by atoms with Crippen LogP contribution in [0.4, 0.5) is 5.69 Å². The van der Waals surface area contributed by atoms with Crippen LogP contribution in [0, 0.1) is 17.0 Å². The first-order valence-electron chi connectivity index (χ1n) is 7.96. The number of non-ortho nitro benzene ring substituents is 1. The van der Waals surface area contributed by atoms with Gasteiger partial charge in [-0.05, 0) is 12.5 Å². The number of hydrogen-bond donors (Lipinski definition) is 0. The van der Waals surface area contributed by atoms with Gasteiger partial charge in [-0.3, -0.25) is 19.8 Å². The molecule has 0 N–H and O–H groups in total. The number of nitro groups is 1. The molecule has 2 aliphatic rings. The van der Waals surface area contributed by atoms with E-state index >= 15 is 0 Å². The van der Waals surface area contributed by atoms with E-state index in [-0.39, 0.29) is 35.7 Å². The molecule has 0 amide bonds. The molecule has 25 heavy (non-hydrogen) atoms. The molecule has 1 atom stereocenters. The number of nitrogens with zero attached hydrogens (tertiary/aromatic N) is 3. The molecule has 0 aromatic heterocycles. The monoisotopic (exact) mass is 369 g/mol. The summed E-state index contributed by atoms with van der Waals surface area (Å²) in [4.78, 5) is 23.9. The van der Waals surface area contributed by atoms with Gasteiger partial charge < -0.3 is 4.74 Å². The fourth-order valence-corrected chi connectivity index (χ4v) is 4.86. The Kier molecular flexibility index (Phi) is 4.76. The molecule has 9 nitrogen and oxygen atoms in total. The molecule has 10 heteroatoms. The lowest BCUT2D eigenvalue weighted by Gasteiger charge is -2.35. The van der Waals surface area contributed by atoms with Crippen molar-refractivity contribution in [3.63, 3.8) is 0 Å². The fraction of sp³-hybridized carbons (Fsp3) is 0.533. The topological polar surface area (TPSA) is 110 Å². The number of ether oxygens (including phenoxy) is 1. The number of aryl methyl sites for hydroxylation is 1. The quantitative estimate of drug-likeness (QED) is 0.432. The van der Waals surface area contributed by atoms with Crippen molar-refractivity contribution in [2.75, 3.05) is 32.8 Å². The van der Waals surface area contributed by atoms with E-state index in [4.69, 9.17) is 4.74 Å². The van der Waals surface area contributed by atoms with E-state index in [0.29, 0.717) is 31.7 Å². The number of cyclic esters (lactones) is 1. The van der Waals surface area contributed by atoms with Gasteiger partial charge in [0.25, 0.3) is 5.69 Å². The number of sulfonamides is 1. The Hall–Kier alpha value is -2.04. The van der Waals surface area contributed by atoms with E-state index in [2.05, 4.69) is 0 Å². The summed E-state index contributed by atoms with van der Waals surface area (Å²) in [5.41, 5.74) is 0.212. The third-order valence-electron chi connectivity index (χ3n) is 4.62. The third-order valence-corrected chi connectivity index (χ3v) is 6.66. The summed E-state index contributed by atoms with van der Waals surface area (Å²) in [6, 6.07) is 3.53. The average molecular weight is 369 g/mol. The van der Waals surface area contributed by atoms with Crippen molar-refractivity contribution in [1.29, 1.82) is 0 Å². The molecule has 0 aliphatic carbocycles. The number of rotatable bonds is 4. The van der Waals surface area contributed by atoms with E-state index in [0.717, 1.165) is 6.07 Å². The fourth-order valence-electron chi connectivity index (χ4n) is 3.19. The minimum Gasteiger partial charge on any atom is -0.464 e. The van der Waals surface area contributed by atoms with Gasteiger partial charge in [0.05, 0.1) is 16.4 Å². The molecule has 0 saturated carbocycles. The number of piperazine rings is 1. The highest BCUT2D eigenvalue weighted by Gasteiger charge is 2.37. The summed E-state index contributed by atoms with van der Waals surface area (Å²) >= 11 is 0. The van der Waals surface area contributed by atoms with Crippen LogP contribution >= 0.6 is 0 Å². The normalized spacial score (nSPS) is 22.8. The van der Waals surface area contributed by atoms with E-state index in [9.17, 15) is 23.3 Å². The predicted molar refractivity (Wildman–Crippen MR) is 87.5 cm³/mol. The minimum absolute atomic E-state index is 0.0459. The lowest BCUT2D eigenvalue weighted by molar-refractivity contribution is -0.385. The van der Waals surface area contributed by atoms with Crippen molar-refractivity contribution in [2.45, 2.75) is 24.3 Å². The maximum Gasteiger partial charge on any atom is 0.323 e. The SMILES string of the molecule is Cc1ccc([N+](=O)[O-])cc1S(=O)(=O)N1CCN(C2CCOC2=O)CC1. The molecular weight excluding hydrogens is 350 g/mol. The highest BCUT2D eigenvalue weighted by Crippen LogP contribution is 2.26. The zero-order chi connectivity index (χ0) is 18.2. The lowest BCUT2D eigenvalue weighted by Crippen LogP contribution is -2.53. The van der Waals surface area contributed by atoms with Gasteiger partial charge in [-0.25, -0.2) is 8.42 Å². The van der Waals surface area contributed by atoms with Gasteiger partial charge >= 0.3 is 5.97 Å². The molecule has 136 valence electrons. The van der Waals surface area contributed by atoms with Crippen molar-refractivity contribution >= 4 is 21.7 Å². The highest BCUT2D eigenvalue weighted by molar-refractivity contribution is 7.89. The average Bonchev–Trinajstić information content (AvgIpc) is 3.01. The van der Waals surface area contributed by atoms with Crippen molar-refractivity contribution in [3.8, 4) is 0 Å². The molecule has 0 spiro atoms. The van der Waals surface area contributed by atoms with E-state index < -0.39 is 14.9 Å². The molecule has 1 aromatic rings. The van der Waals surface area contributed by atoms with Crippen molar-refractivity contribution in [1.82, 2.24) is 9.21 Å². The maximum atomic E-state index is 12.9. The van der Waals surface area contributed by atoms with Crippen molar-refractivity contribution in [2.24, 2.45) is 0 Å². The zero-order valence-corrected chi connectivity index (χ0v) is 14.6. The third kappa shape index (κ3) is 3.37. The molecule has 2 heterocycles. The van der Waals surface area contributed by atoms with Gasteiger partial charge in [0, 0.05) is 44.7 Å². The Labute approximate surface area is 145 Å². The second-order valence-electron chi connectivity index (χ2n) is 6.12. The molecule has 1 aromatic carbocycles. The summed E-state index contributed by atoms with van der Waals surface area (Å²) < 4.78 is 32.0. The Balaban J connectivity index is 1.77. The molecule has 3 rings (SSSR count). The minimum atomic E-state index is -3.82. The number of carbonyl (C=O) groups is 1. The Morgan fingerprint density at radius 3 is 2.48 bits per heavy atom. The van der Waals surface area contributed by atoms with Crippen LogP contribution in [0.25, 0.3) is 0 Å². The Morgan fingerprint density at radius 2 is 1.92 bits per heavy atom. The number of nitro benzene ring substituents is 1. The number of esters is 1. The first-order valence-corrected chi connectivity index (χ1v) is 9.40. The summed E-state index contributed by atoms with van der Waals surface area (Å²) in [6.45, 7) is 3.32. The summed E-state index contributed by atoms with van der Waals surface area (Å²) in [5, 5.41) is 10.9. The predicted octanol–water partition coefficient (Wildman–Crippen LogP) is 0.525. The molecule has 0 radical (unpaired) electrons. The Morgan fingerprint density at radius 1 is 1.24 bits per heavy atom. The van der Waals surface area contributed by atoms with Gasteiger partial charge in [0.15, 0.2) is 0 Å². The van der Waals surface area contributed by atoms with Gasteiger partial charge in [-0.1, -0.05) is 6.07 Å². The second-order valence-corrected chi connectivity index (χ2v) is 8.03. The summed E-state index contributed by atoms with van der Waals surface area (Å²) in [6.07, 6.45) is 0.621. The van der Waals surface area contributed by atoms with Crippen LogP contribution in [0.2, 0.25) is 0 Å². The van der Waals surface area contributed by atoms with Gasteiger partial charge in [0.1, 0.15) is 6.04 Å². The lowest BCUT2D eigenvalue weighted by atomic mass is 10.2. The van der Waals surface area contributed by atoms with Gasteiger partial charge in [-0.15, -0.1) is 0 Å². The van der Waals surface area contributed by atoms with Crippen LogP contribution in [-0.4, -0.2) is 67.3 Å². The first-order chi connectivity index (χ1) is 11.8. The van der Waals surface area contributed by atoms with E-state index in [1.165, 1.54) is 16.4 Å². The summed E-state index contributed by atoms with van der Waals surface area (Å²) in [5.74, 6) is -0.258. The maximum absolute atomic E-state index is 12.9. The van der Waals surface area contributed by atoms with Crippen LogP contribution < -0.4 is 0 Å². The summed E-state index contributed by atoms with van der Waals surface area (Å²) in [7, 11) is -3.82. The molecule has 2 fully saturated rings. The standard InChI is InChI=1S/C15H19N3O6S/c1-11-2-3-12(18(20)21)10-14(11)25(22,23)17-7-5-16(6-8-17)13-4-9-24-15(13)19/h2-3,10,13H,4-9H2,1H3. The van der Waals surface area contributed by atoms with E-state index in [1.807, 2.05) is 4.90 Å². The zero-order valence-electron chi connectivity index (χ0n) is 13.8. The molecule has 2 saturated heterocycles. The first kappa shape index (κ1) is 17.8.